The van der Waals surface area contributed by atoms with Crippen molar-refractivity contribution in [2.45, 2.75) is 99.0 Å². The summed E-state index contributed by atoms with van der Waals surface area (Å²) < 4.78 is 26.6. The Balaban J connectivity index is 1.71. The zero-order chi connectivity index (χ0) is 24.6. The quantitative estimate of drug-likeness (QED) is 0.160. The molecule has 33 heavy (non-hydrogen) atoms. The van der Waals surface area contributed by atoms with Gasteiger partial charge in [0.05, 0.1) is 19.3 Å². The van der Waals surface area contributed by atoms with Crippen LogP contribution in [-0.4, -0.2) is 156 Å². The van der Waals surface area contributed by atoms with Crippen molar-refractivity contribution in [3.8, 4) is 0 Å². The van der Waals surface area contributed by atoms with Crippen LogP contribution in [0.1, 0.15) is 6.92 Å². The predicted molar refractivity (Wildman–Crippen MR) is 99.8 cm³/mol. The molecule has 3 saturated heterocycles. The number of aliphatic hydroxyl groups is 10. The molecule has 3 aliphatic heterocycles. The summed E-state index contributed by atoms with van der Waals surface area (Å²) in [7, 11) is 0. The van der Waals surface area contributed by atoms with Gasteiger partial charge in [0.1, 0.15) is 67.1 Å². The maximum atomic E-state index is 10.6. The van der Waals surface area contributed by atoms with Crippen LogP contribution in [0.3, 0.4) is 0 Å². The van der Waals surface area contributed by atoms with E-state index >= 15 is 0 Å². The average Bonchev–Trinajstić information content (AvgIpc) is 3.08. The normalized spacial score (nSPS) is 52.1. The molecule has 0 aromatic carbocycles. The molecule has 1 unspecified atom stereocenters. The summed E-state index contributed by atoms with van der Waals surface area (Å²) in [6.07, 6.45) is -23.4. The average molecular weight is 488 g/mol. The Bertz CT molecular complexity index is 624. The van der Waals surface area contributed by atoms with Crippen LogP contribution in [0.15, 0.2) is 0 Å². The van der Waals surface area contributed by atoms with E-state index in [2.05, 4.69) is 0 Å². The van der Waals surface area contributed by atoms with E-state index in [1.54, 1.807) is 0 Å². The fraction of sp³-hybridized carbons (Fsp3) is 1.00. The molecule has 3 heterocycles. The zero-order valence-electron chi connectivity index (χ0n) is 17.6. The Hall–Kier alpha value is -0.600. The number of hydrogen-bond donors (Lipinski definition) is 10. The van der Waals surface area contributed by atoms with Crippen LogP contribution < -0.4 is 0 Å². The molecule has 3 aliphatic rings. The molecule has 0 radical (unpaired) electrons. The van der Waals surface area contributed by atoms with Gasteiger partial charge in [-0.2, -0.15) is 0 Å². The van der Waals surface area contributed by atoms with Gasteiger partial charge in [-0.1, -0.05) is 0 Å². The van der Waals surface area contributed by atoms with Crippen molar-refractivity contribution in [1.82, 2.24) is 0 Å². The lowest BCUT2D eigenvalue weighted by molar-refractivity contribution is -0.363. The van der Waals surface area contributed by atoms with Crippen LogP contribution in [0, 0.1) is 0 Å². The Morgan fingerprint density at radius 1 is 0.697 bits per heavy atom. The summed E-state index contributed by atoms with van der Waals surface area (Å²) in [4.78, 5) is 0. The van der Waals surface area contributed by atoms with Crippen molar-refractivity contribution < 1.29 is 74.7 Å². The summed E-state index contributed by atoms with van der Waals surface area (Å²) in [6, 6.07) is 0. The van der Waals surface area contributed by atoms with E-state index in [0.29, 0.717) is 0 Å². The molecular formula is C18H32O15. The third-order valence-corrected chi connectivity index (χ3v) is 6.03. The lowest BCUT2D eigenvalue weighted by atomic mass is 9.97. The number of ether oxygens (including phenoxy) is 5. The zero-order valence-corrected chi connectivity index (χ0v) is 17.6. The third-order valence-electron chi connectivity index (χ3n) is 6.03. The second kappa shape index (κ2) is 11.0. The minimum Gasteiger partial charge on any atom is -0.394 e. The summed E-state index contributed by atoms with van der Waals surface area (Å²) in [5, 5.41) is 99.5. The van der Waals surface area contributed by atoms with E-state index in [9.17, 15) is 46.0 Å². The van der Waals surface area contributed by atoms with Crippen LogP contribution in [-0.2, 0) is 23.7 Å². The standard InChI is InChI=1S/C18H32O15/c1-4-7(22)8(23)10(25)17(29-4)32-14-6(3-20)30-18(11(26)9(14)24)33-15-12(27)16(28)31-13(15)5(21)2-19/h4-28H,2-3H2,1H3/t4-,5+,6+,7-,8+,9+,10+,11+,12+,13-,14+,15+,16?,17+,18-/m0/s1. The van der Waals surface area contributed by atoms with E-state index in [4.69, 9.17) is 28.8 Å². The predicted octanol–water partition coefficient (Wildman–Crippen LogP) is -6.55. The van der Waals surface area contributed by atoms with Crippen LogP contribution in [0.5, 0.6) is 0 Å². The van der Waals surface area contributed by atoms with Gasteiger partial charge in [0.25, 0.3) is 0 Å². The van der Waals surface area contributed by atoms with Crippen LogP contribution in [0.2, 0.25) is 0 Å². The molecule has 0 saturated carbocycles. The van der Waals surface area contributed by atoms with Gasteiger partial charge in [-0.3, -0.25) is 0 Å². The van der Waals surface area contributed by atoms with E-state index in [0.717, 1.165) is 0 Å². The lowest BCUT2D eigenvalue weighted by Gasteiger charge is -2.46. The topological polar surface area (TPSA) is 248 Å². The second-order valence-corrected chi connectivity index (χ2v) is 8.32. The molecule has 3 fully saturated rings. The van der Waals surface area contributed by atoms with Gasteiger partial charge < -0.3 is 74.7 Å². The highest BCUT2D eigenvalue weighted by Crippen LogP contribution is 2.32. The Labute approximate surface area is 187 Å². The van der Waals surface area contributed by atoms with Crippen LogP contribution in [0.4, 0.5) is 0 Å². The first kappa shape index (κ1) is 27.0. The van der Waals surface area contributed by atoms with Crippen molar-refractivity contribution in [3.63, 3.8) is 0 Å². The first-order chi connectivity index (χ1) is 15.5. The fourth-order valence-corrected chi connectivity index (χ4v) is 4.02. The second-order valence-electron chi connectivity index (χ2n) is 8.32. The van der Waals surface area contributed by atoms with Gasteiger partial charge in [-0.25, -0.2) is 0 Å². The Morgan fingerprint density at radius 3 is 1.88 bits per heavy atom. The molecule has 0 spiro atoms. The molecule has 0 aromatic rings. The minimum absolute atomic E-state index is 0.771. The first-order valence-electron chi connectivity index (χ1n) is 10.4. The highest BCUT2D eigenvalue weighted by molar-refractivity contribution is 4.96. The molecule has 0 bridgehead atoms. The first-order valence-corrected chi connectivity index (χ1v) is 10.4. The molecule has 10 N–H and O–H groups in total. The number of rotatable bonds is 7. The highest BCUT2D eigenvalue weighted by Gasteiger charge is 2.53. The molecule has 15 nitrogen and oxygen atoms in total. The van der Waals surface area contributed by atoms with Crippen LogP contribution in [0.25, 0.3) is 0 Å². The monoisotopic (exact) mass is 488 g/mol. The van der Waals surface area contributed by atoms with E-state index < -0.39 is 105 Å². The Morgan fingerprint density at radius 2 is 1.27 bits per heavy atom. The summed E-state index contributed by atoms with van der Waals surface area (Å²) in [5.74, 6) is 0. The lowest BCUT2D eigenvalue weighted by Crippen LogP contribution is -2.64. The third kappa shape index (κ3) is 5.32. The van der Waals surface area contributed by atoms with Gasteiger partial charge in [0.2, 0.25) is 0 Å². The minimum atomic E-state index is -1.86. The molecule has 0 aromatic heterocycles. The maximum absolute atomic E-state index is 10.6. The van der Waals surface area contributed by atoms with Gasteiger partial charge in [0.15, 0.2) is 18.9 Å². The van der Waals surface area contributed by atoms with Gasteiger partial charge >= 0.3 is 0 Å². The summed E-state index contributed by atoms with van der Waals surface area (Å²) in [6.45, 7) is -0.155. The van der Waals surface area contributed by atoms with E-state index in [-0.39, 0.29) is 0 Å². The van der Waals surface area contributed by atoms with Crippen LogP contribution >= 0.6 is 0 Å². The van der Waals surface area contributed by atoms with Gasteiger partial charge in [-0.05, 0) is 6.92 Å². The Kier molecular flexibility index (Phi) is 8.99. The van der Waals surface area contributed by atoms with E-state index in [1.807, 2.05) is 0 Å². The number of hydrogen-bond acceptors (Lipinski definition) is 15. The van der Waals surface area contributed by atoms with E-state index in [1.165, 1.54) is 6.92 Å². The summed E-state index contributed by atoms with van der Waals surface area (Å²) in [5.41, 5.74) is 0. The largest absolute Gasteiger partial charge is 0.394 e. The smallest absolute Gasteiger partial charge is 0.187 e. The summed E-state index contributed by atoms with van der Waals surface area (Å²) >= 11 is 0. The van der Waals surface area contributed by atoms with Crippen molar-refractivity contribution in [2.75, 3.05) is 13.2 Å². The van der Waals surface area contributed by atoms with Gasteiger partial charge in [0, 0.05) is 0 Å². The molecule has 15 atom stereocenters. The molecular weight excluding hydrogens is 456 g/mol. The van der Waals surface area contributed by atoms with Crippen molar-refractivity contribution in [2.24, 2.45) is 0 Å². The highest BCUT2D eigenvalue weighted by atomic mass is 16.8. The van der Waals surface area contributed by atoms with Gasteiger partial charge in [-0.15, -0.1) is 0 Å². The maximum Gasteiger partial charge on any atom is 0.187 e. The molecule has 0 aliphatic carbocycles. The van der Waals surface area contributed by atoms with Crippen molar-refractivity contribution in [3.05, 3.63) is 0 Å². The number of aliphatic hydroxyl groups excluding tert-OH is 10. The molecule has 15 heteroatoms. The molecule has 194 valence electrons. The fourth-order valence-electron chi connectivity index (χ4n) is 4.02. The van der Waals surface area contributed by atoms with Crippen molar-refractivity contribution in [1.29, 1.82) is 0 Å². The van der Waals surface area contributed by atoms with Crippen molar-refractivity contribution >= 4 is 0 Å². The molecule has 0 amide bonds. The SMILES string of the molecule is C[C@@H]1O[C@H](O[C@H]2[C@H](O)[C@@H](O)[C@H](O[C@H]3[C@H]([C@H](O)CO)OC(O)[C@@H]3O)O[C@@H]2CO)[C@H](O)[C@H](O)[C@H]1O. The molecule has 3 rings (SSSR count).